The predicted octanol–water partition coefficient (Wildman–Crippen LogP) is 3.17. The molecule has 2 nitrogen and oxygen atoms in total. The van der Waals surface area contributed by atoms with Crippen molar-refractivity contribution in [3.63, 3.8) is 0 Å². The first-order chi connectivity index (χ1) is 7.65. The fourth-order valence-electron chi connectivity index (χ4n) is 1.45. The predicted molar refractivity (Wildman–Crippen MR) is 64.3 cm³/mol. The van der Waals surface area contributed by atoms with E-state index in [1.165, 1.54) is 12.1 Å². The fraction of sp³-hybridized carbons (Fsp3) is 0.500. The van der Waals surface area contributed by atoms with E-state index < -0.39 is 0 Å². The van der Waals surface area contributed by atoms with E-state index in [0.717, 1.165) is 12.1 Å². The van der Waals surface area contributed by atoms with E-state index in [9.17, 15) is 4.39 Å². The summed E-state index contributed by atoms with van der Waals surface area (Å²) in [6, 6.07) is 4.55. The highest BCUT2D eigenvalue weighted by Crippen LogP contribution is 2.23. The van der Waals surface area contributed by atoms with Gasteiger partial charge in [0.05, 0.1) is 6.61 Å². The Bertz CT molecular complexity index is 333. The van der Waals surface area contributed by atoms with Crippen molar-refractivity contribution in [3.8, 4) is 0 Å². The van der Waals surface area contributed by atoms with Crippen molar-refractivity contribution >= 4 is 11.6 Å². The molecule has 1 aromatic rings. The highest BCUT2D eigenvalue weighted by Gasteiger charge is 2.09. The van der Waals surface area contributed by atoms with Crippen LogP contribution in [0.3, 0.4) is 0 Å². The van der Waals surface area contributed by atoms with Gasteiger partial charge in [-0.2, -0.15) is 0 Å². The molecule has 0 spiro atoms. The van der Waals surface area contributed by atoms with Crippen molar-refractivity contribution in [2.45, 2.75) is 19.9 Å². The number of benzene rings is 1. The highest BCUT2D eigenvalue weighted by molar-refractivity contribution is 6.31. The molecule has 0 bridgehead atoms. The zero-order chi connectivity index (χ0) is 12.0. The molecule has 0 aromatic heterocycles. The lowest BCUT2D eigenvalue weighted by Gasteiger charge is -2.15. The van der Waals surface area contributed by atoms with Crippen LogP contribution in [0.25, 0.3) is 0 Å². The van der Waals surface area contributed by atoms with E-state index in [-0.39, 0.29) is 11.9 Å². The number of halogens is 2. The van der Waals surface area contributed by atoms with Crippen molar-refractivity contribution < 1.29 is 9.13 Å². The second-order valence-corrected chi connectivity index (χ2v) is 3.95. The van der Waals surface area contributed by atoms with Crippen LogP contribution in [-0.2, 0) is 4.74 Å². The van der Waals surface area contributed by atoms with Crippen molar-refractivity contribution in [2.75, 3.05) is 19.8 Å². The fourth-order valence-corrected chi connectivity index (χ4v) is 1.79. The second kappa shape index (κ2) is 6.84. The quantitative estimate of drug-likeness (QED) is 0.778. The maximum atomic E-state index is 12.8. The summed E-state index contributed by atoms with van der Waals surface area (Å²) < 4.78 is 18.1. The van der Waals surface area contributed by atoms with Crippen LogP contribution in [0.4, 0.5) is 4.39 Å². The Morgan fingerprint density at radius 3 is 2.88 bits per heavy atom. The third-order valence-corrected chi connectivity index (χ3v) is 2.66. The molecule has 1 aromatic carbocycles. The van der Waals surface area contributed by atoms with E-state index in [0.29, 0.717) is 18.2 Å². The number of hydrogen-bond acceptors (Lipinski definition) is 2. The molecule has 1 rings (SSSR count). The smallest absolute Gasteiger partial charge is 0.124 e. The van der Waals surface area contributed by atoms with Crippen molar-refractivity contribution in [1.29, 1.82) is 0 Å². The van der Waals surface area contributed by atoms with Crippen molar-refractivity contribution in [2.24, 2.45) is 0 Å². The topological polar surface area (TPSA) is 21.3 Å². The summed E-state index contributed by atoms with van der Waals surface area (Å²) in [5, 5.41) is 3.72. The van der Waals surface area contributed by atoms with Crippen molar-refractivity contribution in [3.05, 3.63) is 34.6 Å². The van der Waals surface area contributed by atoms with Gasteiger partial charge in [0.1, 0.15) is 5.82 Å². The van der Waals surface area contributed by atoms with Gasteiger partial charge in [-0.3, -0.25) is 0 Å². The van der Waals surface area contributed by atoms with Crippen LogP contribution < -0.4 is 5.32 Å². The van der Waals surface area contributed by atoms with E-state index in [1.807, 2.05) is 13.8 Å². The molecule has 0 heterocycles. The molecule has 0 aliphatic rings. The van der Waals surface area contributed by atoms with Crippen LogP contribution in [0.15, 0.2) is 18.2 Å². The van der Waals surface area contributed by atoms with Gasteiger partial charge >= 0.3 is 0 Å². The molecule has 0 aliphatic carbocycles. The van der Waals surface area contributed by atoms with Gasteiger partial charge in [-0.15, -0.1) is 0 Å². The Kier molecular flexibility index (Phi) is 5.74. The summed E-state index contributed by atoms with van der Waals surface area (Å²) in [7, 11) is 0. The molecule has 16 heavy (non-hydrogen) atoms. The third-order valence-electron chi connectivity index (χ3n) is 2.33. The lowest BCUT2D eigenvalue weighted by Crippen LogP contribution is -2.23. The SMILES string of the molecule is CCOCCNC(C)c1ccc(F)cc1Cl. The molecule has 0 fully saturated rings. The normalized spacial score (nSPS) is 12.8. The molecular weight excluding hydrogens is 229 g/mol. The highest BCUT2D eigenvalue weighted by atomic mass is 35.5. The summed E-state index contributed by atoms with van der Waals surface area (Å²) >= 11 is 5.95. The lowest BCUT2D eigenvalue weighted by molar-refractivity contribution is 0.147. The molecule has 1 unspecified atom stereocenters. The Morgan fingerprint density at radius 2 is 2.25 bits per heavy atom. The Balaban J connectivity index is 2.49. The molecule has 4 heteroatoms. The maximum absolute atomic E-state index is 12.8. The van der Waals surface area contributed by atoms with Gasteiger partial charge in [0.25, 0.3) is 0 Å². The van der Waals surface area contributed by atoms with Crippen LogP contribution in [0.2, 0.25) is 5.02 Å². The first kappa shape index (κ1) is 13.4. The summed E-state index contributed by atoms with van der Waals surface area (Å²) in [5.41, 5.74) is 0.902. The molecule has 0 amide bonds. The van der Waals surface area contributed by atoms with E-state index in [1.54, 1.807) is 6.07 Å². The molecule has 1 atom stereocenters. The van der Waals surface area contributed by atoms with Crippen LogP contribution in [-0.4, -0.2) is 19.8 Å². The van der Waals surface area contributed by atoms with Crippen molar-refractivity contribution in [1.82, 2.24) is 5.32 Å². The van der Waals surface area contributed by atoms with Crippen LogP contribution in [0.1, 0.15) is 25.5 Å². The Hall–Kier alpha value is -0.640. The largest absolute Gasteiger partial charge is 0.380 e. The molecule has 0 saturated carbocycles. The van der Waals surface area contributed by atoms with E-state index in [4.69, 9.17) is 16.3 Å². The lowest BCUT2D eigenvalue weighted by atomic mass is 10.1. The summed E-state index contributed by atoms with van der Waals surface area (Å²) in [6.45, 7) is 6.08. The minimum absolute atomic E-state index is 0.0913. The zero-order valence-electron chi connectivity index (χ0n) is 9.59. The maximum Gasteiger partial charge on any atom is 0.124 e. The number of hydrogen-bond donors (Lipinski definition) is 1. The van der Waals surface area contributed by atoms with Crippen LogP contribution >= 0.6 is 11.6 Å². The average molecular weight is 246 g/mol. The molecule has 90 valence electrons. The number of nitrogens with one attached hydrogen (secondary N) is 1. The Labute approximate surface area is 101 Å². The average Bonchev–Trinajstić information content (AvgIpc) is 2.24. The number of ether oxygens (including phenoxy) is 1. The standard InChI is InChI=1S/C12H17ClFNO/c1-3-16-7-6-15-9(2)11-5-4-10(14)8-12(11)13/h4-5,8-9,15H,3,6-7H2,1-2H3. The molecule has 0 aliphatic heterocycles. The summed E-state index contributed by atoms with van der Waals surface area (Å²) in [6.07, 6.45) is 0. The first-order valence-corrected chi connectivity index (χ1v) is 5.79. The van der Waals surface area contributed by atoms with Crippen LogP contribution in [0.5, 0.6) is 0 Å². The second-order valence-electron chi connectivity index (χ2n) is 3.54. The molecular formula is C12H17ClFNO. The molecule has 0 radical (unpaired) electrons. The summed E-state index contributed by atoms with van der Waals surface area (Å²) in [4.78, 5) is 0. The van der Waals surface area contributed by atoms with E-state index >= 15 is 0 Å². The van der Waals surface area contributed by atoms with Gasteiger partial charge in [0.2, 0.25) is 0 Å². The van der Waals surface area contributed by atoms with Gasteiger partial charge in [-0.05, 0) is 31.5 Å². The van der Waals surface area contributed by atoms with Gasteiger partial charge in [-0.1, -0.05) is 17.7 Å². The Morgan fingerprint density at radius 1 is 1.50 bits per heavy atom. The van der Waals surface area contributed by atoms with E-state index in [2.05, 4.69) is 5.32 Å². The minimum Gasteiger partial charge on any atom is -0.380 e. The minimum atomic E-state index is -0.310. The molecule has 1 N–H and O–H groups in total. The van der Waals surface area contributed by atoms with Gasteiger partial charge in [-0.25, -0.2) is 4.39 Å². The zero-order valence-corrected chi connectivity index (χ0v) is 10.4. The van der Waals surface area contributed by atoms with Gasteiger partial charge in [0, 0.05) is 24.2 Å². The van der Waals surface area contributed by atoms with Gasteiger partial charge in [0.15, 0.2) is 0 Å². The summed E-state index contributed by atoms with van der Waals surface area (Å²) in [5.74, 6) is -0.310. The number of rotatable bonds is 6. The van der Waals surface area contributed by atoms with Gasteiger partial charge < -0.3 is 10.1 Å². The monoisotopic (exact) mass is 245 g/mol. The third kappa shape index (κ3) is 4.08. The first-order valence-electron chi connectivity index (χ1n) is 5.41. The van der Waals surface area contributed by atoms with Crippen LogP contribution in [0, 0.1) is 5.82 Å². The molecule has 0 saturated heterocycles.